The highest BCUT2D eigenvalue weighted by Gasteiger charge is 2.27. The number of hydrogen-bond acceptors (Lipinski definition) is 4. The molecule has 1 aliphatic rings. The first-order valence-corrected chi connectivity index (χ1v) is 6.13. The Hall–Kier alpha value is -1.28. The smallest absolute Gasteiger partial charge is 0.407 e. The number of ether oxygens (including phenoxy) is 1. The minimum atomic E-state index is -0.385. The van der Waals surface area contributed by atoms with Gasteiger partial charge < -0.3 is 10.1 Å². The number of methoxy groups -OCH3 is 1. The molecule has 0 aromatic heterocycles. The molecule has 0 bridgehead atoms. The Morgan fingerprint density at radius 2 is 2.35 bits per heavy atom. The summed E-state index contributed by atoms with van der Waals surface area (Å²) in [5.41, 5.74) is 0. The Morgan fingerprint density at radius 3 is 2.94 bits per heavy atom. The van der Waals surface area contributed by atoms with Crippen LogP contribution in [0.1, 0.15) is 26.2 Å². The van der Waals surface area contributed by atoms with Gasteiger partial charge in [0.2, 0.25) is 0 Å². The van der Waals surface area contributed by atoms with Crippen LogP contribution in [0, 0.1) is 17.2 Å². The predicted octanol–water partition coefficient (Wildman–Crippen LogP) is 1.36. The van der Waals surface area contributed by atoms with Crippen LogP contribution in [-0.4, -0.2) is 43.8 Å². The molecule has 1 saturated heterocycles. The molecule has 17 heavy (non-hydrogen) atoms. The van der Waals surface area contributed by atoms with E-state index in [2.05, 4.69) is 27.9 Å². The van der Waals surface area contributed by atoms with Gasteiger partial charge in [0.25, 0.3) is 0 Å². The third-order valence-electron chi connectivity index (χ3n) is 3.11. The average molecular weight is 239 g/mol. The molecule has 0 aromatic rings. The number of alkyl carbamates (subject to hydrolysis) is 1. The minimum absolute atomic E-state index is 0.0982. The Balaban J connectivity index is 2.52. The molecular formula is C12H21N3O2. The van der Waals surface area contributed by atoms with Gasteiger partial charge in [0, 0.05) is 19.1 Å². The quantitative estimate of drug-likeness (QED) is 0.752. The lowest BCUT2D eigenvalue weighted by molar-refractivity contribution is 0.129. The van der Waals surface area contributed by atoms with E-state index in [4.69, 9.17) is 5.26 Å². The topological polar surface area (TPSA) is 65.4 Å². The van der Waals surface area contributed by atoms with E-state index >= 15 is 0 Å². The molecule has 0 saturated carbocycles. The molecule has 0 radical (unpaired) electrons. The van der Waals surface area contributed by atoms with Crippen molar-refractivity contribution in [3.8, 4) is 6.07 Å². The summed E-state index contributed by atoms with van der Waals surface area (Å²) in [4.78, 5) is 13.3. The summed E-state index contributed by atoms with van der Waals surface area (Å²) in [6.45, 7) is 4.29. The van der Waals surface area contributed by atoms with E-state index in [-0.39, 0.29) is 12.1 Å². The molecule has 96 valence electrons. The normalized spacial score (nSPS) is 25.0. The number of nitrogens with one attached hydrogen (secondary N) is 1. The van der Waals surface area contributed by atoms with Gasteiger partial charge in [-0.1, -0.05) is 13.3 Å². The van der Waals surface area contributed by atoms with E-state index in [1.807, 2.05) is 0 Å². The fourth-order valence-electron chi connectivity index (χ4n) is 2.48. The van der Waals surface area contributed by atoms with Crippen LogP contribution in [0.4, 0.5) is 4.79 Å². The zero-order valence-electron chi connectivity index (χ0n) is 10.6. The molecule has 0 aliphatic carbocycles. The molecule has 0 aromatic carbocycles. The van der Waals surface area contributed by atoms with Crippen molar-refractivity contribution in [1.29, 1.82) is 5.26 Å². The fourth-order valence-corrected chi connectivity index (χ4v) is 2.48. The van der Waals surface area contributed by atoms with Crippen LogP contribution in [0.5, 0.6) is 0 Å². The third-order valence-corrected chi connectivity index (χ3v) is 3.11. The largest absolute Gasteiger partial charge is 0.453 e. The van der Waals surface area contributed by atoms with Crippen molar-refractivity contribution in [2.45, 2.75) is 32.2 Å². The third kappa shape index (κ3) is 4.61. The average Bonchev–Trinajstić information content (AvgIpc) is 2.29. The van der Waals surface area contributed by atoms with Crippen LogP contribution in [0.25, 0.3) is 0 Å². The van der Waals surface area contributed by atoms with Crippen LogP contribution in [0.2, 0.25) is 0 Å². The first-order valence-electron chi connectivity index (χ1n) is 6.13. The van der Waals surface area contributed by atoms with Gasteiger partial charge in [-0.3, -0.25) is 4.90 Å². The van der Waals surface area contributed by atoms with Crippen molar-refractivity contribution in [3.63, 3.8) is 0 Å². The van der Waals surface area contributed by atoms with Crippen LogP contribution in [0.3, 0.4) is 0 Å². The lowest BCUT2D eigenvalue weighted by Gasteiger charge is -2.36. The molecule has 1 fully saturated rings. The first kappa shape index (κ1) is 13.8. The number of piperidine rings is 1. The fraction of sp³-hybridized carbons (Fsp3) is 0.833. The lowest BCUT2D eigenvalue weighted by atomic mass is 9.90. The zero-order valence-corrected chi connectivity index (χ0v) is 10.6. The monoisotopic (exact) mass is 239 g/mol. The Morgan fingerprint density at radius 1 is 1.59 bits per heavy atom. The molecule has 5 heteroatoms. The maximum absolute atomic E-state index is 11.2. The van der Waals surface area contributed by atoms with Crippen molar-refractivity contribution in [2.75, 3.05) is 26.7 Å². The van der Waals surface area contributed by atoms with Crippen molar-refractivity contribution in [3.05, 3.63) is 0 Å². The minimum Gasteiger partial charge on any atom is -0.453 e. The van der Waals surface area contributed by atoms with Gasteiger partial charge in [-0.25, -0.2) is 4.79 Å². The summed E-state index contributed by atoms with van der Waals surface area (Å²) >= 11 is 0. The number of amides is 1. The molecule has 1 amide bonds. The SMILES string of the molecule is CCCC1CC(NC(=O)OC)CN(CC#N)C1. The van der Waals surface area contributed by atoms with Gasteiger partial charge >= 0.3 is 6.09 Å². The van der Waals surface area contributed by atoms with Gasteiger partial charge in [0.05, 0.1) is 19.7 Å². The second-order valence-electron chi connectivity index (χ2n) is 4.58. The number of nitrogens with zero attached hydrogens (tertiary/aromatic N) is 2. The summed E-state index contributed by atoms with van der Waals surface area (Å²) in [6.07, 6.45) is 2.87. The highest BCUT2D eigenvalue weighted by Crippen LogP contribution is 2.21. The van der Waals surface area contributed by atoms with Crippen LogP contribution in [-0.2, 0) is 4.74 Å². The molecule has 1 heterocycles. The molecule has 2 unspecified atom stereocenters. The maximum Gasteiger partial charge on any atom is 0.407 e. The van der Waals surface area contributed by atoms with E-state index in [1.165, 1.54) is 7.11 Å². The van der Waals surface area contributed by atoms with Gasteiger partial charge in [0.15, 0.2) is 0 Å². The highest BCUT2D eigenvalue weighted by atomic mass is 16.5. The van der Waals surface area contributed by atoms with Crippen molar-refractivity contribution in [2.24, 2.45) is 5.92 Å². The van der Waals surface area contributed by atoms with Gasteiger partial charge in [0.1, 0.15) is 0 Å². The van der Waals surface area contributed by atoms with Gasteiger partial charge in [-0.2, -0.15) is 5.26 Å². The van der Waals surface area contributed by atoms with Crippen molar-refractivity contribution >= 4 is 6.09 Å². The highest BCUT2D eigenvalue weighted by molar-refractivity contribution is 5.67. The summed E-state index contributed by atoms with van der Waals surface area (Å²) in [7, 11) is 1.37. The van der Waals surface area contributed by atoms with Crippen molar-refractivity contribution < 1.29 is 9.53 Å². The maximum atomic E-state index is 11.2. The zero-order chi connectivity index (χ0) is 12.7. The van der Waals surface area contributed by atoms with Crippen molar-refractivity contribution in [1.82, 2.24) is 10.2 Å². The molecule has 5 nitrogen and oxygen atoms in total. The predicted molar refractivity (Wildman–Crippen MR) is 64.4 cm³/mol. The Bertz CT molecular complexity index is 288. The number of carbonyl (C=O) groups excluding carboxylic acids is 1. The van der Waals surface area contributed by atoms with E-state index < -0.39 is 0 Å². The summed E-state index contributed by atoms with van der Waals surface area (Å²) in [6, 6.07) is 2.27. The Kier molecular flexibility index (Phi) is 5.78. The van der Waals surface area contributed by atoms with Crippen LogP contribution >= 0.6 is 0 Å². The standard InChI is InChI=1S/C12H21N3O2/c1-3-4-10-7-11(14-12(16)17-2)9-15(8-10)6-5-13/h10-11H,3-4,6-9H2,1-2H3,(H,14,16). The van der Waals surface area contributed by atoms with E-state index in [0.29, 0.717) is 12.5 Å². The first-order chi connectivity index (χ1) is 8.19. The van der Waals surface area contributed by atoms with Crippen LogP contribution < -0.4 is 5.32 Å². The molecule has 2 atom stereocenters. The number of carbonyl (C=O) groups is 1. The van der Waals surface area contributed by atoms with Gasteiger partial charge in [-0.05, 0) is 18.8 Å². The van der Waals surface area contributed by atoms with Crippen LogP contribution in [0.15, 0.2) is 0 Å². The second kappa shape index (κ2) is 7.13. The second-order valence-corrected chi connectivity index (χ2v) is 4.58. The number of hydrogen-bond donors (Lipinski definition) is 1. The van der Waals surface area contributed by atoms with Gasteiger partial charge in [-0.15, -0.1) is 0 Å². The molecule has 0 spiro atoms. The van der Waals surface area contributed by atoms with E-state index in [0.717, 1.165) is 32.4 Å². The van der Waals surface area contributed by atoms with E-state index in [9.17, 15) is 4.79 Å². The summed E-state index contributed by atoms with van der Waals surface area (Å²) in [5.74, 6) is 0.559. The number of likely N-dealkylation sites (tertiary alicyclic amines) is 1. The number of rotatable bonds is 4. The molecular weight excluding hydrogens is 218 g/mol. The lowest BCUT2D eigenvalue weighted by Crippen LogP contribution is -2.50. The van der Waals surface area contributed by atoms with E-state index in [1.54, 1.807) is 0 Å². The molecule has 1 N–H and O–H groups in total. The summed E-state index contributed by atoms with van der Waals surface area (Å²) in [5, 5.41) is 11.6. The number of nitriles is 1. The molecule has 1 aliphatic heterocycles. The molecule has 1 rings (SSSR count). The Labute approximate surface area is 103 Å². The summed E-state index contributed by atoms with van der Waals surface area (Å²) < 4.78 is 4.61.